The van der Waals surface area contributed by atoms with E-state index >= 15 is 0 Å². The molecule has 0 aromatic heterocycles. The highest BCUT2D eigenvalue weighted by molar-refractivity contribution is 5.85. The third-order valence-electron chi connectivity index (χ3n) is 4.50. The Balaban J connectivity index is 2.22. The molecule has 3 heteroatoms. The first-order valence-corrected chi connectivity index (χ1v) is 6.27. The Hall–Kier alpha value is -0.570. The number of methoxy groups -OCH3 is 1. The van der Waals surface area contributed by atoms with Crippen molar-refractivity contribution in [2.24, 2.45) is 11.8 Å². The number of epoxide rings is 1. The third kappa shape index (κ3) is 1.33. The van der Waals surface area contributed by atoms with Crippen molar-refractivity contribution in [3.63, 3.8) is 0 Å². The molecule has 2 fully saturated rings. The van der Waals surface area contributed by atoms with Gasteiger partial charge in [0, 0.05) is 0 Å². The Kier molecular flexibility index (Phi) is 2.77. The van der Waals surface area contributed by atoms with Gasteiger partial charge in [-0.1, -0.05) is 26.7 Å². The fraction of sp³-hybridized carbons (Fsp3) is 0.923. The second-order valence-electron chi connectivity index (χ2n) is 5.57. The summed E-state index contributed by atoms with van der Waals surface area (Å²) in [4.78, 5) is 12.0. The molecule has 0 bridgehead atoms. The highest BCUT2D eigenvalue weighted by Crippen LogP contribution is 2.60. The molecule has 0 N–H and O–H groups in total. The van der Waals surface area contributed by atoms with Crippen molar-refractivity contribution in [2.45, 2.75) is 57.7 Å². The maximum absolute atomic E-state index is 12.0. The average Bonchev–Trinajstić information content (AvgIpc) is 2.69. The molecule has 16 heavy (non-hydrogen) atoms. The fourth-order valence-corrected chi connectivity index (χ4v) is 3.49. The Morgan fingerprint density at radius 2 is 1.94 bits per heavy atom. The predicted molar refractivity (Wildman–Crippen MR) is 61.0 cm³/mol. The molecule has 2 rings (SSSR count). The Bertz CT molecular complexity index is 294. The molecule has 1 heterocycles. The van der Waals surface area contributed by atoms with Gasteiger partial charge in [0.15, 0.2) is 5.60 Å². The van der Waals surface area contributed by atoms with Crippen LogP contribution in [0.5, 0.6) is 0 Å². The first-order chi connectivity index (χ1) is 7.49. The minimum absolute atomic E-state index is 0.172. The fourth-order valence-electron chi connectivity index (χ4n) is 3.49. The highest BCUT2D eigenvalue weighted by atomic mass is 16.7. The molecule has 0 spiro atoms. The van der Waals surface area contributed by atoms with E-state index < -0.39 is 5.60 Å². The van der Waals surface area contributed by atoms with E-state index in [0.717, 1.165) is 0 Å². The van der Waals surface area contributed by atoms with E-state index in [4.69, 9.17) is 9.47 Å². The van der Waals surface area contributed by atoms with Gasteiger partial charge in [0.1, 0.15) is 5.60 Å². The second kappa shape index (κ2) is 3.73. The van der Waals surface area contributed by atoms with Crippen molar-refractivity contribution in [1.29, 1.82) is 0 Å². The summed E-state index contributed by atoms with van der Waals surface area (Å²) in [6.45, 7) is 6.16. The molecule has 0 radical (unpaired) electrons. The molecule has 0 amide bonds. The van der Waals surface area contributed by atoms with E-state index in [0.29, 0.717) is 5.92 Å². The third-order valence-corrected chi connectivity index (χ3v) is 4.50. The lowest BCUT2D eigenvalue weighted by Crippen LogP contribution is -2.41. The van der Waals surface area contributed by atoms with Crippen LogP contribution < -0.4 is 0 Å². The van der Waals surface area contributed by atoms with Gasteiger partial charge >= 0.3 is 5.97 Å². The number of rotatable bonds is 3. The summed E-state index contributed by atoms with van der Waals surface area (Å²) in [7, 11) is 1.45. The van der Waals surface area contributed by atoms with E-state index in [-0.39, 0.29) is 17.5 Å². The number of esters is 1. The number of carbonyl (C=O) groups is 1. The zero-order valence-electron chi connectivity index (χ0n) is 10.7. The average molecular weight is 226 g/mol. The molecule has 2 atom stereocenters. The largest absolute Gasteiger partial charge is 0.467 e. The molecule has 2 unspecified atom stereocenters. The lowest BCUT2D eigenvalue weighted by molar-refractivity contribution is -0.148. The predicted octanol–water partition coefficient (Wildman–Crippen LogP) is 2.53. The first kappa shape index (κ1) is 11.9. The van der Waals surface area contributed by atoms with E-state index in [1.54, 1.807) is 0 Å². The standard InChI is InChI=1S/C13H22O3/c1-9(2)13(11(14)15-4)12(3,16-13)10-7-5-6-8-10/h9-10H,5-8H2,1-4H3. The van der Waals surface area contributed by atoms with Crippen molar-refractivity contribution in [2.75, 3.05) is 7.11 Å². The van der Waals surface area contributed by atoms with Gasteiger partial charge in [-0.3, -0.25) is 0 Å². The number of ether oxygens (including phenoxy) is 2. The lowest BCUT2D eigenvalue weighted by atomic mass is 9.76. The van der Waals surface area contributed by atoms with E-state index in [1.165, 1.54) is 32.8 Å². The van der Waals surface area contributed by atoms with Crippen molar-refractivity contribution < 1.29 is 14.3 Å². The first-order valence-electron chi connectivity index (χ1n) is 6.27. The van der Waals surface area contributed by atoms with Crippen LogP contribution in [0.15, 0.2) is 0 Å². The van der Waals surface area contributed by atoms with Crippen LogP contribution >= 0.6 is 0 Å². The normalized spacial score (nSPS) is 39.1. The van der Waals surface area contributed by atoms with Crippen LogP contribution in [-0.2, 0) is 14.3 Å². The van der Waals surface area contributed by atoms with Crippen LogP contribution in [0.3, 0.4) is 0 Å². The summed E-state index contributed by atoms with van der Waals surface area (Å²) in [5.74, 6) is 0.497. The molecule has 0 aromatic carbocycles. The van der Waals surface area contributed by atoms with Gasteiger partial charge in [0.2, 0.25) is 0 Å². The maximum atomic E-state index is 12.0. The molecule has 1 saturated heterocycles. The topological polar surface area (TPSA) is 38.8 Å². The second-order valence-corrected chi connectivity index (χ2v) is 5.57. The van der Waals surface area contributed by atoms with Gasteiger partial charge in [-0.05, 0) is 31.6 Å². The van der Waals surface area contributed by atoms with E-state index in [9.17, 15) is 4.79 Å². The summed E-state index contributed by atoms with van der Waals surface area (Å²) >= 11 is 0. The van der Waals surface area contributed by atoms with Crippen molar-refractivity contribution in [1.82, 2.24) is 0 Å². The monoisotopic (exact) mass is 226 g/mol. The Morgan fingerprint density at radius 3 is 2.38 bits per heavy atom. The van der Waals surface area contributed by atoms with Gasteiger partial charge in [-0.15, -0.1) is 0 Å². The summed E-state index contributed by atoms with van der Waals surface area (Å²) in [5, 5.41) is 0. The van der Waals surface area contributed by atoms with Crippen LogP contribution in [0.1, 0.15) is 46.5 Å². The molecule has 3 nitrogen and oxygen atoms in total. The van der Waals surface area contributed by atoms with Gasteiger partial charge in [-0.2, -0.15) is 0 Å². The molecule has 1 aliphatic carbocycles. The van der Waals surface area contributed by atoms with Crippen molar-refractivity contribution in [3.8, 4) is 0 Å². The SMILES string of the molecule is COC(=O)C1(C(C)C)OC1(C)C1CCCC1. The van der Waals surface area contributed by atoms with Crippen LogP contribution in [0.2, 0.25) is 0 Å². The van der Waals surface area contributed by atoms with Crippen LogP contribution in [0.25, 0.3) is 0 Å². The van der Waals surface area contributed by atoms with Gasteiger partial charge in [-0.25, -0.2) is 4.79 Å². The van der Waals surface area contributed by atoms with Crippen molar-refractivity contribution >= 4 is 5.97 Å². The number of hydrogen-bond acceptors (Lipinski definition) is 3. The summed E-state index contributed by atoms with van der Waals surface area (Å²) in [6, 6.07) is 0. The highest BCUT2D eigenvalue weighted by Gasteiger charge is 2.76. The van der Waals surface area contributed by atoms with Gasteiger partial charge in [0.25, 0.3) is 0 Å². The van der Waals surface area contributed by atoms with Crippen LogP contribution in [0.4, 0.5) is 0 Å². The van der Waals surface area contributed by atoms with Crippen LogP contribution in [0, 0.1) is 11.8 Å². The molecule has 1 saturated carbocycles. The molecule has 92 valence electrons. The van der Waals surface area contributed by atoms with Crippen molar-refractivity contribution in [3.05, 3.63) is 0 Å². The summed E-state index contributed by atoms with van der Waals surface area (Å²) < 4.78 is 10.8. The number of carbonyl (C=O) groups excluding carboxylic acids is 1. The Labute approximate surface area is 97.5 Å². The zero-order valence-corrected chi connectivity index (χ0v) is 10.7. The summed E-state index contributed by atoms with van der Waals surface area (Å²) in [5.41, 5.74) is -0.971. The molecule has 0 aromatic rings. The molecular weight excluding hydrogens is 204 g/mol. The minimum Gasteiger partial charge on any atom is -0.467 e. The molecular formula is C13H22O3. The zero-order chi connectivity index (χ0) is 12.0. The molecule has 2 aliphatic rings. The maximum Gasteiger partial charge on any atom is 0.341 e. The van der Waals surface area contributed by atoms with Crippen LogP contribution in [-0.4, -0.2) is 24.3 Å². The van der Waals surface area contributed by atoms with E-state index in [2.05, 4.69) is 6.92 Å². The summed E-state index contributed by atoms with van der Waals surface area (Å²) in [6.07, 6.45) is 4.89. The lowest BCUT2D eigenvalue weighted by Gasteiger charge is -2.22. The van der Waals surface area contributed by atoms with E-state index in [1.807, 2.05) is 13.8 Å². The number of hydrogen-bond donors (Lipinski definition) is 0. The smallest absolute Gasteiger partial charge is 0.341 e. The van der Waals surface area contributed by atoms with Gasteiger partial charge < -0.3 is 9.47 Å². The Morgan fingerprint density at radius 1 is 1.38 bits per heavy atom. The quantitative estimate of drug-likeness (QED) is 0.548. The minimum atomic E-state index is -0.684. The molecule has 1 aliphatic heterocycles. The van der Waals surface area contributed by atoms with Gasteiger partial charge in [0.05, 0.1) is 7.11 Å².